The highest BCUT2D eigenvalue weighted by molar-refractivity contribution is 5.17. The van der Waals surface area contributed by atoms with E-state index in [0.29, 0.717) is 0 Å². The van der Waals surface area contributed by atoms with Crippen molar-refractivity contribution in [1.82, 2.24) is 15.2 Å². The van der Waals surface area contributed by atoms with E-state index in [1.54, 1.807) is 6.07 Å². The fraction of sp³-hybridized carbons (Fsp3) is 0.667. The normalized spacial score (nSPS) is 30.7. The number of nitrogens with one attached hydrogen (secondary N) is 1. The van der Waals surface area contributed by atoms with E-state index in [9.17, 15) is 5.11 Å². The van der Waals surface area contributed by atoms with E-state index >= 15 is 0 Å². The summed E-state index contributed by atoms with van der Waals surface area (Å²) in [5.74, 6) is 1.04. The summed E-state index contributed by atoms with van der Waals surface area (Å²) in [5.41, 5.74) is 0.994. The Hall–Kier alpha value is -1.13. The topological polar surface area (TPSA) is 48.4 Å². The highest BCUT2D eigenvalue weighted by atomic mass is 16.3. The van der Waals surface area contributed by atoms with E-state index in [4.69, 9.17) is 0 Å². The standard InChI is InChI=1S/C15H23N3O/c1-18-13-3-4-14(18)7-11(6-13)8-16-9-12-2-5-15(19)10-17-12/h2,5,10-11,13-14,16,19H,3-4,6-9H2,1H3. The van der Waals surface area contributed by atoms with Crippen LogP contribution in [0, 0.1) is 5.92 Å². The first-order chi connectivity index (χ1) is 9.22. The summed E-state index contributed by atoms with van der Waals surface area (Å²) < 4.78 is 0. The third kappa shape index (κ3) is 2.90. The summed E-state index contributed by atoms with van der Waals surface area (Å²) in [6.45, 7) is 1.88. The van der Waals surface area contributed by atoms with Crippen LogP contribution >= 0.6 is 0 Å². The third-order valence-electron chi connectivity index (χ3n) is 4.74. The first-order valence-electron chi connectivity index (χ1n) is 7.29. The molecule has 2 atom stereocenters. The Morgan fingerprint density at radius 1 is 1.32 bits per heavy atom. The molecule has 0 aliphatic carbocycles. The largest absolute Gasteiger partial charge is 0.506 e. The van der Waals surface area contributed by atoms with E-state index in [1.165, 1.54) is 31.9 Å². The molecule has 2 bridgehead atoms. The first-order valence-corrected chi connectivity index (χ1v) is 7.29. The van der Waals surface area contributed by atoms with Crippen molar-refractivity contribution in [3.05, 3.63) is 24.0 Å². The molecule has 0 radical (unpaired) electrons. The second-order valence-corrected chi connectivity index (χ2v) is 6.03. The monoisotopic (exact) mass is 261 g/mol. The minimum absolute atomic E-state index is 0.232. The van der Waals surface area contributed by atoms with Crippen LogP contribution in [0.3, 0.4) is 0 Å². The Kier molecular flexibility index (Phi) is 3.71. The number of fused-ring (bicyclic) bond motifs is 2. The molecule has 1 aromatic rings. The van der Waals surface area contributed by atoms with Gasteiger partial charge in [-0.25, -0.2) is 0 Å². The molecule has 104 valence electrons. The van der Waals surface area contributed by atoms with Gasteiger partial charge in [0.2, 0.25) is 0 Å². The van der Waals surface area contributed by atoms with E-state index < -0.39 is 0 Å². The van der Waals surface area contributed by atoms with Crippen LogP contribution in [0.4, 0.5) is 0 Å². The summed E-state index contributed by atoms with van der Waals surface area (Å²) in [6.07, 6.45) is 6.95. The number of hydrogen-bond acceptors (Lipinski definition) is 4. The van der Waals surface area contributed by atoms with Gasteiger partial charge in [0, 0.05) is 18.6 Å². The third-order valence-corrected chi connectivity index (χ3v) is 4.74. The summed E-state index contributed by atoms with van der Waals surface area (Å²) in [7, 11) is 2.28. The molecule has 1 aromatic heterocycles. The van der Waals surface area contributed by atoms with Gasteiger partial charge < -0.3 is 15.3 Å². The molecule has 19 heavy (non-hydrogen) atoms. The van der Waals surface area contributed by atoms with Crippen molar-refractivity contribution in [2.24, 2.45) is 5.92 Å². The Morgan fingerprint density at radius 2 is 2.05 bits per heavy atom. The smallest absolute Gasteiger partial charge is 0.133 e. The Labute approximate surface area is 114 Å². The molecule has 2 unspecified atom stereocenters. The van der Waals surface area contributed by atoms with Gasteiger partial charge >= 0.3 is 0 Å². The van der Waals surface area contributed by atoms with Gasteiger partial charge in [0.05, 0.1) is 11.9 Å². The van der Waals surface area contributed by atoms with Gasteiger partial charge in [-0.15, -0.1) is 0 Å². The van der Waals surface area contributed by atoms with Crippen LogP contribution in [0.25, 0.3) is 0 Å². The summed E-state index contributed by atoms with van der Waals surface area (Å²) in [4.78, 5) is 6.78. The second kappa shape index (κ2) is 5.47. The van der Waals surface area contributed by atoms with Crippen molar-refractivity contribution < 1.29 is 5.11 Å². The van der Waals surface area contributed by atoms with Gasteiger partial charge in [-0.3, -0.25) is 4.98 Å². The van der Waals surface area contributed by atoms with Crippen molar-refractivity contribution >= 4 is 0 Å². The van der Waals surface area contributed by atoms with Crippen LogP contribution in [0.15, 0.2) is 18.3 Å². The van der Waals surface area contributed by atoms with Gasteiger partial charge in [0.15, 0.2) is 0 Å². The molecule has 0 spiro atoms. The lowest BCUT2D eigenvalue weighted by atomic mass is 9.91. The maximum Gasteiger partial charge on any atom is 0.133 e. The number of aromatic nitrogens is 1. The Balaban J connectivity index is 1.45. The van der Waals surface area contributed by atoms with E-state index in [-0.39, 0.29) is 5.75 Å². The van der Waals surface area contributed by atoms with Crippen molar-refractivity contribution in [1.29, 1.82) is 0 Å². The zero-order chi connectivity index (χ0) is 13.2. The summed E-state index contributed by atoms with van der Waals surface area (Å²) in [5, 5.41) is 12.7. The fourth-order valence-electron chi connectivity index (χ4n) is 3.62. The van der Waals surface area contributed by atoms with Crippen LogP contribution in [0.1, 0.15) is 31.4 Å². The molecule has 3 rings (SSSR count). The highest BCUT2D eigenvalue weighted by Crippen LogP contribution is 2.36. The lowest BCUT2D eigenvalue weighted by molar-refractivity contribution is 0.133. The van der Waals surface area contributed by atoms with Crippen molar-refractivity contribution in [3.8, 4) is 5.75 Å². The van der Waals surface area contributed by atoms with Gasteiger partial charge in [0.25, 0.3) is 0 Å². The molecule has 4 nitrogen and oxygen atoms in total. The van der Waals surface area contributed by atoms with Gasteiger partial charge in [0.1, 0.15) is 5.75 Å². The number of aromatic hydroxyl groups is 1. The zero-order valence-electron chi connectivity index (χ0n) is 11.5. The van der Waals surface area contributed by atoms with Gasteiger partial charge in [-0.1, -0.05) is 0 Å². The summed E-state index contributed by atoms with van der Waals surface area (Å²) in [6, 6.07) is 5.20. The van der Waals surface area contributed by atoms with E-state index in [2.05, 4.69) is 22.2 Å². The van der Waals surface area contributed by atoms with E-state index in [1.807, 2.05) is 6.07 Å². The number of piperidine rings is 1. The van der Waals surface area contributed by atoms with Crippen LogP contribution in [-0.4, -0.2) is 40.7 Å². The number of pyridine rings is 1. The van der Waals surface area contributed by atoms with E-state index in [0.717, 1.165) is 36.8 Å². The molecule has 0 saturated carbocycles. The SMILES string of the molecule is CN1C2CCC1CC(CNCc1ccc(O)cn1)C2. The molecule has 2 N–H and O–H groups in total. The lowest BCUT2D eigenvalue weighted by Gasteiger charge is -2.36. The zero-order valence-corrected chi connectivity index (χ0v) is 11.5. The fourth-order valence-corrected chi connectivity index (χ4v) is 3.62. The first kappa shape index (κ1) is 12.9. The number of nitrogens with zero attached hydrogens (tertiary/aromatic N) is 2. The van der Waals surface area contributed by atoms with Crippen LogP contribution in [-0.2, 0) is 6.54 Å². The summed E-state index contributed by atoms with van der Waals surface area (Å²) >= 11 is 0. The molecule has 0 aromatic carbocycles. The maximum atomic E-state index is 9.19. The maximum absolute atomic E-state index is 9.19. The molecule has 2 aliphatic heterocycles. The average molecular weight is 261 g/mol. The Morgan fingerprint density at radius 3 is 2.68 bits per heavy atom. The van der Waals surface area contributed by atoms with Crippen LogP contribution < -0.4 is 5.32 Å². The number of hydrogen-bond donors (Lipinski definition) is 2. The molecule has 0 amide bonds. The van der Waals surface area contributed by atoms with Gasteiger partial charge in [-0.2, -0.15) is 0 Å². The second-order valence-electron chi connectivity index (χ2n) is 6.03. The van der Waals surface area contributed by atoms with Crippen molar-refractivity contribution in [2.45, 2.75) is 44.3 Å². The van der Waals surface area contributed by atoms with Crippen molar-refractivity contribution in [2.75, 3.05) is 13.6 Å². The van der Waals surface area contributed by atoms with Gasteiger partial charge in [-0.05, 0) is 57.3 Å². The molecule has 4 heteroatoms. The molecule has 2 saturated heterocycles. The minimum Gasteiger partial charge on any atom is -0.506 e. The quantitative estimate of drug-likeness (QED) is 0.867. The minimum atomic E-state index is 0.232. The molecule has 2 aliphatic rings. The molecular formula is C15H23N3O. The predicted molar refractivity (Wildman–Crippen MR) is 74.9 cm³/mol. The lowest BCUT2D eigenvalue weighted by Crippen LogP contribution is -2.42. The molecular weight excluding hydrogens is 238 g/mol. The van der Waals surface area contributed by atoms with Crippen LogP contribution in [0.5, 0.6) is 5.75 Å². The van der Waals surface area contributed by atoms with Crippen molar-refractivity contribution in [3.63, 3.8) is 0 Å². The molecule has 3 heterocycles. The Bertz CT molecular complexity index is 406. The average Bonchev–Trinajstić information content (AvgIpc) is 2.64. The predicted octanol–water partition coefficient (Wildman–Crippen LogP) is 1.75. The number of rotatable bonds is 4. The molecule has 2 fully saturated rings. The highest BCUT2D eigenvalue weighted by Gasteiger charge is 2.37. The van der Waals surface area contributed by atoms with Crippen LogP contribution in [0.2, 0.25) is 0 Å².